The van der Waals surface area contributed by atoms with Gasteiger partial charge in [0.2, 0.25) is 0 Å². The predicted octanol–water partition coefficient (Wildman–Crippen LogP) is 13.1. The molecule has 0 rings (SSSR count). The molecule has 0 amide bonds. The summed E-state index contributed by atoms with van der Waals surface area (Å²) < 4.78 is 6.01. The summed E-state index contributed by atoms with van der Waals surface area (Å²) in [6.45, 7) is 4.54. The van der Waals surface area contributed by atoms with Crippen LogP contribution in [0.2, 0.25) is 0 Å². The van der Waals surface area contributed by atoms with Crippen LogP contribution in [0.4, 0.5) is 0 Å². The second-order valence-electron chi connectivity index (χ2n) is 13.1. The molecule has 0 fully saturated rings. The van der Waals surface area contributed by atoms with Crippen LogP contribution in [0.15, 0.2) is 12.2 Å². The lowest BCUT2D eigenvalue weighted by Gasteiger charge is -2.18. The molecule has 1 atom stereocenters. The fourth-order valence-corrected chi connectivity index (χ4v) is 5.89. The van der Waals surface area contributed by atoms with Crippen molar-refractivity contribution in [1.82, 2.24) is 0 Å². The lowest BCUT2D eigenvalue weighted by Crippen LogP contribution is -2.18. The summed E-state index contributed by atoms with van der Waals surface area (Å²) in [5.41, 5.74) is 0. The van der Waals surface area contributed by atoms with Gasteiger partial charge in [-0.15, -0.1) is 0 Å². The number of hydrogen-bond donors (Lipinski definition) is 1. The summed E-state index contributed by atoms with van der Waals surface area (Å²) in [6.07, 6.45) is 42.2. The van der Waals surface area contributed by atoms with E-state index < -0.39 is 5.97 Å². The van der Waals surface area contributed by atoms with Gasteiger partial charge in [-0.1, -0.05) is 154 Å². The molecule has 0 heterocycles. The quantitative estimate of drug-likeness (QED) is 0.0443. The summed E-state index contributed by atoms with van der Waals surface area (Å²) in [4.78, 5) is 23.3. The van der Waals surface area contributed by atoms with Gasteiger partial charge in [0.15, 0.2) is 0 Å². The molecule has 254 valence electrons. The van der Waals surface area contributed by atoms with Crippen molar-refractivity contribution in [2.45, 2.75) is 225 Å². The monoisotopic (exact) mass is 607 g/mol. The van der Waals surface area contributed by atoms with E-state index in [0.29, 0.717) is 6.42 Å². The smallest absolute Gasteiger partial charge is 0.306 e. The highest BCUT2D eigenvalue weighted by Gasteiger charge is 2.14. The van der Waals surface area contributed by atoms with Gasteiger partial charge in [-0.25, -0.2) is 0 Å². The zero-order valence-corrected chi connectivity index (χ0v) is 29.0. The summed E-state index contributed by atoms with van der Waals surface area (Å²) in [5.74, 6) is -0.682. The molecule has 4 heteroatoms. The van der Waals surface area contributed by atoms with Crippen molar-refractivity contribution in [1.29, 1.82) is 0 Å². The maximum atomic E-state index is 12.6. The normalized spacial score (nSPS) is 12.2. The number of carbonyl (C=O) groups excluding carboxylic acids is 1. The summed E-state index contributed by atoms with van der Waals surface area (Å²) in [6, 6.07) is 0. The first-order chi connectivity index (χ1) is 21.1. The van der Waals surface area contributed by atoms with Crippen molar-refractivity contribution in [2.24, 2.45) is 0 Å². The Morgan fingerprint density at radius 2 is 0.837 bits per heavy atom. The molecule has 0 aromatic rings. The Labute approximate surface area is 268 Å². The lowest BCUT2D eigenvalue weighted by molar-refractivity contribution is -0.150. The van der Waals surface area contributed by atoms with E-state index in [1.54, 1.807) is 0 Å². The zero-order valence-electron chi connectivity index (χ0n) is 29.0. The predicted molar refractivity (Wildman–Crippen MR) is 186 cm³/mol. The number of carboxylic acid groups (broad SMARTS) is 1. The van der Waals surface area contributed by atoms with Gasteiger partial charge in [0.05, 0.1) is 0 Å². The van der Waals surface area contributed by atoms with Crippen molar-refractivity contribution in [2.75, 3.05) is 0 Å². The van der Waals surface area contributed by atoms with Crippen molar-refractivity contribution in [3.8, 4) is 0 Å². The van der Waals surface area contributed by atoms with Crippen LogP contribution in [-0.4, -0.2) is 23.1 Å². The summed E-state index contributed by atoms with van der Waals surface area (Å²) >= 11 is 0. The Bertz CT molecular complexity index is 614. The van der Waals surface area contributed by atoms with Crippen LogP contribution in [0.5, 0.6) is 0 Å². The number of carboxylic acids is 1. The Morgan fingerprint density at radius 3 is 1.28 bits per heavy atom. The number of esters is 1. The number of hydrogen-bond acceptors (Lipinski definition) is 3. The average Bonchev–Trinajstić information content (AvgIpc) is 2.99. The van der Waals surface area contributed by atoms with Gasteiger partial charge in [-0.2, -0.15) is 0 Å². The van der Waals surface area contributed by atoms with Crippen LogP contribution in [-0.2, 0) is 14.3 Å². The molecule has 0 aliphatic rings. The number of unbranched alkanes of at least 4 members (excludes halogenated alkanes) is 24. The topological polar surface area (TPSA) is 63.6 Å². The molecule has 0 aromatic carbocycles. The average molecular weight is 607 g/mol. The molecular weight excluding hydrogens is 532 g/mol. The highest BCUT2D eigenvalue weighted by molar-refractivity contribution is 5.69. The molecule has 1 unspecified atom stereocenters. The molecule has 4 nitrogen and oxygen atoms in total. The molecule has 0 aliphatic carbocycles. The van der Waals surface area contributed by atoms with Crippen LogP contribution >= 0.6 is 0 Å². The second-order valence-corrected chi connectivity index (χ2v) is 13.1. The van der Waals surface area contributed by atoms with Crippen LogP contribution in [0.3, 0.4) is 0 Å². The van der Waals surface area contributed by atoms with Crippen molar-refractivity contribution in [3.05, 3.63) is 12.2 Å². The first-order valence-corrected chi connectivity index (χ1v) is 19.2. The summed E-state index contributed by atoms with van der Waals surface area (Å²) in [5, 5.41) is 8.77. The van der Waals surface area contributed by atoms with Gasteiger partial charge in [-0.3, -0.25) is 9.59 Å². The second kappa shape index (κ2) is 35.2. The van der Waals surface area contributed by atoms with E-state index >= 15 is 0 Å². The fourth-order valence-electron chi connectivity index (χ4n) is 5.89. The van der Waals surface area contributed by atoms with E-state index in [0.717, 1.165) is 70.6 Å². The van der Waals surface area contributed by atoms with Crippen LogP contribution < -0.4 is 0 Å². The number of aliphatic carboxylic acids is 1. The van der Waals surface area contributed by atoms with Crippen LogP contribution in [0.25, 0.3) is 0 Å². The van der Waals surface area contributed by atoms with Gasteiger partial charge < -0.3 is 9.84 Å². The minimum Gasteiger partial charge on any atom is -0.481 e. The Hall–Kier alpha value is -1.32. The third kappa shape index (κ3) is 35.0. The Morgan fingerprint density at radius 1 is 0.488 bits per heavy atom. The van der Waals surface area contributed by atoms with Gasteiger partial charge in [0.1, 0.15) is 6.10 Å². The molecule has 0 saturated carbocycles. The minimum atomic E-state index is -0.691. The van der Waals surface area contributed by atoms with Gasteiger partial charge in [-0.05, 0) is 64.2 Å². The first kappa shape index (κ1) is 41.7. The van der Waals surface area contributed by atoms with Crippen molar-refractivity contribution < 1.29 is 19.4 Å². The molecule has 0 aliphatic heterocycles. The lowest BCUT2D eigenvalue weighted by atomic mass is 10.0. The van der Waals surface area contributed by atoms with Crippen LogP contribution in [0, 0.1) is 0 Å². The van der Waals surface area contributed by atoms with Crippen molar-refractivity contribution >= 4 is 11.9 Å². The maximum Gasteiger partial charge on any atom is 0.306 e. The SMILES string of the molecule is CCCCCC/C=C\CCCCCCCCC(=O)OC(CCCCCCCCCCCC)CCCCCCCCC(=O)O. The van der Waals surface area contributed by atoms with Gasteiger partial charge in [0, 0.05) is 12.8 Å². The number of carbonyl (C=O) groups is 2. The van der Waals surface area contributed by atoms with E-state index in [1.807, 2.05) is 0 Å². The molecule has 43 heavy (non-hydrogen) atoms. The highest BCUT2D eigenvalue weighted by atomic mass is 16.5. The molecule has 0 bridgehead atoms. The highest BCUT2D eigenvalue weighted by Crippen LogP contribution is 2.19. The molecule has 0 radical (unpaired) electrons. The van der Waals surface area contributed by atoms with E-state index in [4.69, 9.17) is 9.84 Å². The molecule has 0 saturated heterocycles. The Balaban J connectivity index is 4.04. The van der Waals surface area contributed by atoms with E-state index in [9.17, 15) is 9.59 Å². The molecule has 0 spiro atoms. The fraction of sp³-hybridized carbons (Fsp3) is 0.897. The largest absolute Gasteiger partial charge is 0.481 e. The van der Waals surface area contributed by atoms with Crippen LogP contribution in [0.1, 0.15) is 219 Å². The van der Waals surface area contributed by atoms with E-state index in [-0.39, 0.29) is 18.5 Å². The third-order valence-corrected chi connectivity index (χ3v) is 8.74. The Kier molecular flexibility index (Phi) is 34.1. The van der Waals surface area contributed by atoms with E-state index in [1.165, 1.54) is 122 Å². The van der Waals surface area contributed by atoms with Gasteiger partial charge in [0.25, 0.3) is 0 Å². The molecular formula is C39H74O4. The minimum absolute atomic E-state index is 0.00910. The number of ether oxygens (including phenoxy) is 1. The maximum absolute atomic E-state index is 12.6. The third-order valence-electron chi connectivity index (χ3n) is 8.74. The van der Waals surface area contributed by atoms with Crippen molar-refractivity contribution in [3.63, 3.8) is 0 Å². The molecule has 0 aromatic heterocycles. The first-order valence-electron chi connectivity index (χ1n) is 19.2. The van der Waals surface area contributed by atoms with E-state index in [2.05, 4.69) is 26.0 Å². The van der Waals surface area contributed by atoms with Gasteiger partial charge >= 0.3 is 11.9 Å². The standard InChI is InChI=1S/C39H74O4/c1-3-5-7-9-11-13-15-16-17-18-20-22-28-32-36-39(42)43-37(34-30-26-23-24-27-31-35-38(40)41)33-29-25-21-19-14-12-10-8-6-4-2/h13,15,37H,3-12,14,16-36H2,1-2H3,(H,40,41)/b15-13-. The number of allylic oxidation sites excluding steroid dienone is 2. The zero-order chi connectivity index (χ0) is 31.5. The molecule has 1 N–H and O–H groups in total. The number of rotatable bonds is 35. The summed E-state index contributed by atoms with van der Waals surface area (Å²) in [7, 11) is 0.